The number of nitrogens with zero attached hydrogens (tertiary/aromatic N) is 1. The predicted octanol–water partition coefficient (Wildman–Crippen LogP) is 0.587. The molecular weight excluding hydrogens is 232 g/mol. The first-order valence-corrected chi connectivity index (χ1v) is 5.84. The third-order valence-electron chi connectivity index (χ3n) is 2.47. The molecule has 5 nitrogen and oxygen atoms in total. The molecular formula is C13H20N2O3. The van der Waals surface area contributed by atoms with Gasteiger partial charge in [0.15, 0.2) is 0 Å². The Morgan fingerprint density at radius 3 is 2.83 bits per heavy atom. The quantitative estimate of drug-likeness (QED) is 0.697. The van der Waals surface area contributed by atoms with Gasteiger partial charge in [-0.25, -0.2) is 0 Å². The van der Waals surface area contributed by atoms with E-state index in [2.05, 4.69) is 5.32 Å². The molecule has 0 aliphatic carbocycles. The van der Waals surface area contributed by atoms with Crippen LogP contribution in [-0.2, 0) is 16.1 Å². The summed E-state index contributed by atoms with van der Waals surface area (Å²) in [7, 11) is 3.43. The molecule has 1 rings (SSSR count). The minimum Gasteiger partial charge on any atom is -0.508 e. The van der Waals surface area contributed by atoms with E-state index in [0.29, 0.717) is 19.7 Å². The fraction of sp³-hybridized carbons (Fsp3) is 0.462. The summed E-state index contributed by atoms with van der Waals surface area (Å²) in [4.78, 5) is 13.4. The van der Waals surface area contributed by atoms with Crippen molar-refractivity contribution in [3.63, 3.8) is 0 Å². The van der Waals surface area contributed by atoms with Crippen molar-refractivity contribution in [2.75, 3.05) is 33.9 Å². The number of methoxy groups -OCH3 is 1. The maximum atomic E-state index is 11.5. The van der Waals surface area contributed by atoms with E-state index in [9.17, 15) is 9.90 Å². The van der Waals surface area contributed by atoms with Gasteiger partial charge in [0.05, 0.1) is 13.2 Å². The summed E-state index contributed by atoms with van der Waals surface area (Å²) in [6.07, 6.45) is 0. The molecule has 1 amide bonds. The van der Waals surface area contributed by atoms with Gasteiger partial charge in [-0.1, -0.05) is 18.2 Å². The van der Waals surface area contributed by atoms with E-state index >= 15 is 0 Å². The van der Waals surface area contributed by atoms with E-state index in [1.54, 1.807) is 19.2 Å². The Labute approximate surface area is 107 Å². The average molecular weight is 252 g/mol. The summed E-state index contributed by atoms with van der Waals surface area (Å²) in [6, 6.07) is 7.12. The van der Waals surface area contributed by atoms with Gasteiger partial charge >= 0.3 is 0 Å². The van der Waals surface area contributed by atoms with E-state index in [1.165, 1.54) is 0 Å². The maximum absolute atomic E-state index is 11.5. The van der Waals surface area contributed by atoms with Crippen LogP contribution in [0.5, 0.6) is 5.75 Å². The van der Waals surface area contributed by atoms with Crippen LogP contribution >= 0.6 is 0 Å². The molecule has 0 saturated heterocycles. The highest BCUT2D eigenvalue weighted by atomic mass is 16.5. The van der Waals surface area contributed by atoms with Gasteiger partial charge in [-0.05, 0) is 13.1 Å². The van der Waals surface area contributed by atoms with Gasteiger partial charge in [0.1, 0.15) is 5.75 Å². The first kappa shape index (κ1) is 14.5. The van der Waals surface area contributed by atoms with Crippen LogP contribution in [0, 0.1) is 0 Å². The van der Waals surface area contributed by atoms with Crippen LogP contribution in [0.25, 0.3) is 0 Å². The Balaban J connectivity index is 2.35. The topological polar surface area (TPSA) is 61.8 Å². The molecule has 0 fully saturated rings. The Morgan fingerprint density at radius 1 is 1.44 bits per heavy atom. The maximum Gasteiger partial charge on any atom is 0.234 e. The molecule has 0 spiro atoms. The number of ether oxygens (including phenoxy) is 1. The van der Waals surface area contributed by atoms with Crippen molar-refractivity contribution in [2.45, 2.75) is 6.54 Å². The van der Waals surface area contributed by atoms with Crippen molar-refractivity contribution in [2.24, 2.45) is 0 Å². The van der Waals surface area contributed by atoms with Gasteiger partial charge in [0, 0.05) is 25.8 Å². The number of hydrogen-bond donors (Lipinski definition) is 2. The molecule has 18 heavy (non-hydrogen) atoms. The van der Waals surface area contributed by atoms with Gasteiger partial charge < -0.3 is 15.2 Å². The first-order chi connectivity index (χ1) is 8.63. The van der Waals surface area contributed by atoms with Crippen LogP contribution in [0.15, 0.2) is 24.3 Å². The lowest BCUT2D eigenvalue weighted by Crippen LogP contribution is -2.36. The molecule has 1 aromatic carbocycles. The Hall–Kier alpha value is -1.59. The number of nitrogens with one attached hydrogen (secondary N) is 1. The second-order valence-corrected chi connectivity index (χ2v) is 4.14. The zero-order valence-corrected chi connectivity index (χ0v) is 10.8. The van der Waals surface area contributed by atoms with Gasteiger partial charge in [0.2, 0.25) is 5.91 Å². The van der Waals surface area contributed by atoms with Gasteiger partial charge in [-0.3, -0.25) is 9.69 Å². The van der Waals surface area contributed by atoms with Crippen LogP contribution in [0.4, 0.5) is 0 Å². The zero-order chi connectivity index (χ0) is 13.4. The number of likely N-dealkylation sites (N-methyl/N-ethyl adjacent to an activating group) is 1. The van der Waals surface area contributed by atoms with Crippen LogP contribution in [-0.4, -0.2) is 49.8 Å². The van der Waals surface area contributed by atoms with Crippen molar-refractivity contribution < 1.29 is 14.6 Å². The summed E-state index contributed by atoms with van der Waals surface area (Å²) in [5.41, 5.74) is 0.810. The summed E-state index contributed by atoms with van der Waals surface area (Å²) in [5, 5.41) is 12.4. The molecule has 0 radical (unpaired) electrons. The third-order valence-corrected chi connectivity index (χ3v) is 2.47. The molecule has 0 aromatic heterocycles. The van der Waals surface area contributed by atoms with Crippen molar-refractivity contribution >= 4 is 5.91 Å². The Morgan fingerprint density at radius 2 is 2.17 bits per heavy atom. The molecule has 0 saturated carbocycles. The average Bonchev–Trinajstić information content (AvgIpc) is 2.32. The van der Waals surface area contributed by atoms with E-state index in [1.807, 2.05) is 24.1 Å². The van der Waals surface area contributed by atoms with Crippen LogP contribution < -0.4 is 5.32 Å². The van der Waals surface area contributed by atoms with Crippen molar-refractivity contribution in [3.8, 4) is 5.75 Å². The summed E-state index contributed by atoms with van der Waals surface area (Å²) >= 11 is 0. The highest BCUT2D eigenvalue weighted by Crippen LogP contribution is 2.16. The summed E-state index contributed by atoms with van der Waals surface area (Å²) in [5.74, 6) is 0.203. The van der Waals surface area contributed by atoms with Gasteiger partial charge in [-0.15, -0.1) is 0 Å². The SMILES string of the molecule is COCCNC(=O)CN(C)Cc1ccccc1O. The van der Waals surface area contributed by atoms with Crippen LogP contribution in [0.1, 0.15) is 5.56 Å². The largest absolute Gasteiger partial charge is 0.508 e. The third kappa shape index (κ3) is 5.16. The fourth-order valence-electron chi connectivity index (χ4n) is 1.58. The van der Waals surface area contributed by atoms with E-state index in [-0.39, 0.29) is 18.2 Å². The number of carbonyl (C=O) groups excluding carboxylic acids is 1. The Kier molecular flexibility index (Phi) is 6.18. The normalized spacial score (nSPS) is 10.6. The molecule has 0 atom stereocenters. The second-order valence-electron chi connectivity index (χ2n) is 4.14. The molecule has 0 aliphatic rings. The number of carbonyl (C=O) groups is 1. The molecule has 2 N–H and O–H groups in total. The number of benzene rings is 1. The Bertz CT molecular complexity index is 382. The van der Waals surface area contributed by atoms with Crippen molar-refractivity contribution in [1.29, 1.82) is 0 Å². The highest BCUT2D eigenvalue weighted by molar-refractivity contribution is 5.77. The molecule has 0 aliphatic heterocycles. The lowest BCUT2D eigenvalue weighted by Gasteiger charge is -2.16. The van der Waals surface area contributed by atoms with Crippen LogP contribution in [0.2, 0.25) is 0 Å². The standard InChI is InChI=1S/C13H20N2O3/c1-15(10-13(17)14-7-8-18-2)9-11-5-3-4-6-12(11)16/h3-6,16H,7-10H2,1-2H3,(H,14,17). The monoisotopic (exact) mass is 252 g/mol. The fourth-order valence-corrected chi connectivity index (χ4v) is 1.58. The second kappa shape index (κ2) is 7.68. The number of rotatable bonds is 7. The number of phenolic OH excluding ortho intramolecular Hbond substituents is 1. The molecule has 0 unspecified atom stereocenters. The minimum atomic E-state index is -0.0510. The number of hydrogen-bond acceptors (Lipinski definition) is 4. The minimum absolute atomic E-state index is 0.0510. The van der Waals surface area contributed by atoms with Crippen molar-refractivity contribution in [1.82, 2.24) is 10.2 Å². The van der Waals surface area contributed by atoms with Crippen LogP contribution in [0.3, 0.4) is 0 Å². The van der Waals surface area contributed by atoms with Gasteiger partial charge in [-0.2, -0.15) is 0 Å². The number of aromatic hydroxyl groups is 1. The highest BCUT2D eigenvalue weighted by Gasteiger charge is 2.08. The molecule has 5 heteroatoms. The molecule has 0 bridgehead atoms. The first-order valence-electron chi connectivity index (χ1n) is 5.84. The summed E-state index contributed by atoms with van der Waals surface area (Å²) < 4.78 is 4.85. The van der Waals surface area contributed by atoms with E-state index in [0.717, 1.165) is 5.56 Å². The lowest BCUT2D eigenvalue weighted by molar-refractivity contribution is -0.122. The van der Waals surface area contributed by atoms with E-state index < -0.39 is 0 Å². The smallest absolute Gasteiger partial charge is 0.234 e. The number of para-hydroxylation sites is 1. The van der Waals surface area contributed by atoms with E-state index in [4.69, 9.17) is 4.74 Å². The number of phenols is 1. The molecule has 1 aromatic rings. The number of amides is 1. The predicted molar refractivity (Wildman–Crippen MR) is 69.3 cm³/mol. The zero-order valence-electron chi connectivity index (χ0n) is 10.8. The van der Waals surface area contributed by atoms with Crippen molar-refractivity contribution in [3.05, 3.63) is 29.8 Å². The lowest BCUT2D eigenvalue weighted by atomic mass is 10.2. The summed E-state index contributed by atoms with van der Waals surface area (Å²) in [6.45, 7) is 1.84. The van der Waals surface area contributed by atoms with Gasteiger partial charge in [0.25, 0.3) is 0 Å². The molecule has 100 valence electrons. The molecule has 0 heterocycles.